The molecule has 1 saturated heterocycles. The molecule has 1 fully saturated rings. The fraction of sp³-hybridized carbons (Fsp3) is 0.318. The summed E-state index contributed by atoms with van der Waals surface area (Å²) in [6, 6.07) is 14.6. The first-order chi connectivity index (χ1) is 15.0. The Kier molecular flexibility index (Phi) is 6.66. The van der Waals surface area contributed by atoms with Crippen molar-refractivity contribution in [3.63, 3.8) is 0 Å². The Balaban J connectivity index is 1.46. The third kappa shape index (κ3) is 4.64. The van der Waals surface area contributed by atoms with Crippen molar-refractivity contribution in [2.24, 2.45) is 0 Å². The molecule has 0 bridgehead atoms. The summed E-state index contributed by atoms with van der Waals surface area (Å²) in [6.45, 7) is 6.71. The van der Waals surface area contributed by atoms with Crippen molar-refractivity contribution in [2.75, 3.05) is 39.0 Å². The molecular weight excluding hydrogens is 432 g/mol. The molecule has 3 aromatic rings. The van der Waals surface area contributed by atoms with Gasteiger partial charge >= 0.3 is 0 Å². The maximum Gasteiger partial charge on any atom is 0.243 e. The number of sulfonamides is 1. The lowest BCUT2D eigenvalue weighted by molar-refractivity contribution is 0.150. The summed E-state index contributed by atoms with van der Waals surface area (Å²) in [5.74, 6) is 1.43. The van der Waals surface area contributed by atoms with E-state index in [4.69, 9.17) is 9.72 Å². The van der Waals surface area contributed by atoms with Crippen LogP contribution in [0.3, 0.4) is 0 Å². The number of ether oxygens (including phenoxy) is 1. The number of methoxy groups -OCH3 is 1. The summed E-state index contributed by atoms with van der Waals surface area (Å²) < 4.78 is 34.9. The van der Waals surface area contributed by atoms with E-state index in [1.807, 2.05) is 24.3 Å². The first kappa shape index (κ1) is 21.9. The third-order valence-corrected chi connectivity index (χ3v) is 8.20. The smallest absolute Gasteiger partial charge is 0.243 e. The van der Waals surface area contributed by atoms with E-state index < -0.39 is 10.0 Å². The van der Waals surface area contributed by atoms with Gasteiger partial charge in [-0.15, -0.1) is 6.58 Å². The van der Waals surface area contributed by atoms with Gasteiger partial charge in [-0.1, -0.05) is 30.0 Å². The Morgan fingerprint density at radius 2 is 1.81 bits per heavy atom. The normalized spacial score (nSPS) is 15.9. The topological polar surface area (TPSA) is 67.7 Å². The zero-order valence-electron chi connectivity index (χ0n) is 17.5. The van der Waals surface area contributed by atoms with Gasteiger partial charge < -0.3 is 9.30 Å². The van der Waals surface area contributed by atoms with Crippen molar-refractivity contribution in [3.8, 4) is 5.75 Å². The fourth-order valence-electron chi connectivity index (χ4n) is 3.64. The van der Waals surface area contributed by atoms with Crippen LogP contribution in [0, 0.1) is 0 Å². The van der Waals surface area contributed by atoms with Gasteiger partial charge in [0.15, 0.2) is 5.16 Å². The molecule has 31 heavy (non-hydrogen) atoms. The Morgan fingerprint density at radius 3 is 2.48 bits per heavy atom. The van der Waals surface area contributed by atoms with Crippen LogP contribution in [-0.4, -0.2) is 66.2 Å². The van der Waals surface area contributed by atoms with Crippen molar-refractivity contribution in [1.29, 1.82) is 0 Å². The standard InChI is InChI=1S/C22H26N4O3S2/c1-3-16-30-22-23-20-6-4-5-7-21(20)26(22)17-24-12-14-25(15-13-24)31(27,28)19-10-8-18(29-2)9-11-19/h3-11H,1,12-17H2,2H3. The molecule has 0 atom stereocenters. The average Bonchev–Trinajstić information content (AvgIpc) is 3.15. The van der Waals surface area contributed by atoms with Crippen LogP contribution in [0.25, 0.3) is 11.0 Å². The van der Waals surface area contributed by atoms with Gasteiger partial charge in [0.1, 0.15) is 5.75 Å². The second-order valence-corrected chi connectivity index (χ2v) is 10.2. The van der Waals surface area contributed by atoms with Crippen LogP contribution >= 0.6 is 11.8 Å². The Bertz CT molecular complexity index is 1150. The predicted octanol–water partition coefficient (Wildman–Crippen LogP) is 3.29. The lowest BCUT2D eigenvalue weighted by Gasteiger charge is -2.34. The van der Waals surface area contributed by atoms with Crippen molar-refractivity contribution >= 4 is 32.8 Å². The molecule has 2 aromatic carbocycles. The third-order valence-electron chi connectivity index (χ3n) is 5.32. The molecule has 164 valence electrons. The number of rotatable bonds is 8. The van der Waals surface area contributed by atoms with Crippen molar-refractivity contribution in [3.05, 3.63) is 61.2 Å². The molecule has 0 radical (unpaired) electrons. The molecule has 0 N–H and O–H groups in total. The molecule has 9 heteroatoms. The highest BCUT2D eigenvalue weighted by Crippen LogP contribution is 2.26. The van der Waals surface area contributed by atoms with Crippen molar-refractivity contribution in [2.45, 2.75) is 16.7 Å². The van der Waals surface area contributed by atoms with Crippen LogP contribution in [0.15, 0.2) is 71.2 Å². The Labute approximate surface area is 187 Å². The number of hydrogen-bond donors (Lipinski definition) is 0. The van der Waals surface area contributed by atoms with Crippen LogP contribution in [0.4, 0.5) is 0 Å². The number of fused-ring (bicyclic) bond motifs is 1. The number of thioether (sulfide) groups is 1. The number of benzene rings is 2. The highest BCUT2D eigenvalue weighted by atomic mass is 32.2. The van der Waals surface area contributed by atoms with Crippen molar-refractivity contribution in [1.82, 2.24) is 18.8 Å². The lowest BCUT2D eigenvalue weighted by Crippen LogP contribution is -2.48. The number of hydrogen-bond acceptors (Lipinski definition) is 6. The SMILES string of the molecule is C=CCSc1nc2ccccc2n1CN1CCN(S(=O)(=O)c2ccc(OC)cc2)CC1. The lowest BCUT2D eigenvalue weighted by atomic mass is 10.3. The van der Waals surface area contributed by atoms with E-state index in [0.717, 1.165) is 21.9 Å². The maximum atomic E-state index is 13.0. The Hall–Kier alpha value is -2.33. The summed E-state index contributed by atoms with van der Waals surface area (Å²) in [4.78, 5) is 7.33. The summed E-state index contributed by atoms with van der Waals surface area (Å²) >= 11 is 1.66. The van der Waals surface area contributed by atoms with E-state index in [9.17, 15) is 8.42 Å². The number of nitrogens with zero attached hydrogens (tertiary/aromatic N) is 4. The molecular formula is C22H26N4O3S2. The first-order valence-electron chi connectivity index (χ1n) is 10.1. The number of aromatic nitrogens is 2. The van der Waals surface area contributed by atoms with Gasteiger partial charge in [-0.2, -0.15) is 4.31 Å². The molecule has 0 unspecified atom stereocenters. The molecule has 1 aliphatic heterocycles. The summed E-state index contributed by atoms with van der Waals surface area (Å²) in [7, 11) is -1.95. The van der Waals surface area contributed by atoms with Gasteiger partial charge in [0.25, 0.3) is 0 Å². The van der Waals surface area contributed by atoms with Gasteiger partial charge in [-0.05, 0) is 36.4 Å². The van der Waals surface area contributed by atoms with Crippen LogP contribution in [0.5, 0.6) is 5.75 Å². The van der Waals surface area contributed by atoms with E-state index in [0.29, 0.717) is 43.5 Å². The van der Waals surface area contributed by atoms with Crippen LogP contribution < -0.4 is 4.74 Å². The maximum absolute atomic E-state index is 13.0. The van der Waals surface area contributed by atoms with E-state index in [1.165, 1.54) is 0 Å². The molecule has 4 rings (SSSR count). The molecule has 7 nitrogen and oxygen atoms in total. The van der Waals surface area contributed by atoms with Gasteiger partial charge in [0.05, 0.1) is 29.7 Å². The average molecular weight is 459 g/mol. The molecule has 1 aliphatic rings. The number of para-hydroxylation sites is 2. The summed E-state index contributed by atoms with van der Waals surface area (Å²) in [5.41, 5.74) is 2.05. The van der Waals surface area contributed by atoms with Gasteiger partial charge in [0, 0.05) is 31.9 Å². The largest absolute Gasteiger partial charge is 0.497 e. The molecule has 1 aromatic heterocycles. The molecule has 0 aliphatic carbocycles. The van der Waals surface area contributed by atoms with Crippen LogP contribution in [-0.2, 0) is 16.7 Å². The zero-order chi connectivity index (χ0) is 21.8. The minimum Gasteiger partial charge on any atom is -0.497 e. The van der Waals surface area contributed by atoms with Gasteiger partial charge in [-0.3, -0.25) is 4.90 Å². The molecule has 2 heterocycles. The second-order valence-electron chi connectivity index (χ2n) is 7.25. The van der Waals surface area contributed by atoms with E-state index >= 15 is 0 Å². The molecule has 0 amide bonds. The number of imidazole rings is 1. The van der Waals surface area contributed by atoms with Crippen LogP contribution in [0.1, 0.15) is 0 Å². The predicted molar refractivity (Wildman–Crippen MR) is 124 cm³/mol. The highest BCUT2D eigenvalue weighted by molar-refractivity contribution is 7.99. The minimum absolute atomic E-state index is 0.297. The van der Waals surface area contributed by atoms with Crippen molar-refractivity contribution < 1.29 is 13.2 Å². The van der Waals surface area contributed by atoms with Gasteiger partial charge in [0.2, 0.25) is 10.0 Å². The minimum atomic E-state index is -3.51. The molecule has 0 spiro atoms. The number of piperazine rings is 1. The quantitative estimate of drug-likeness (QED) is 0.381. The summed E-state index contributed by atoms with van der Waals surface area (Å²) in [6.07, 6.45) is 1.87. The van der Waals surface area contributed by atoms with E-state index in [2.05, 4.69) is 22.1 Å². The van der Waals surface area contributed by atoms with E-state index in [-0.39, 0.29) is 0 Å². The molecule has 0 saturated carbocycles. The van der Waals surface area contributed by atoms with Crippen LogP contribution in [0.2, 0.25) is 0 Å². The summed E-state index contributed by atoms with van der Waals surface area (Å²) in [5, 5.41) is 0.953. The van der Waals surface area contributed by atoms with Gasteiger partial charge in [-0.25, -0.2) is 13.4 Å². The Morgan fingerprint density at radius 1 is 1.10 bits per heavy atom. The second kappa shape index (κ2) is 9.44. The monoisotopic (exact) mass is 458 g/mol. The highest BCUT2D eigenvalue weighted by Gasteiger charge is 2.29. The van der Waals surface area contributed by atoms with E-state index in [1.54, 1.807) is 47.4 Å². The zero-order valence-corrected chi connectivity index (χ0v) is 19.1. The first-order valence-corrected chi connectivity index (χ1v) is 12.5. The fourth-order valence-corrected chi connectivity index (χ4v) is 5.81.